The quantitative estimate of drug-likeness (QED) is 0.780. The van der Waals surface area contributed by atoms with Crippen LogP contribution in [-0.4, -0.2) is 15.0 Å². The first-order valence-electron chi connectivity index (χ1n) is 4.47. The maximum atomic E-state index is 8.66. The minimum atomic E-state index is 0.407. The Hall–Kier alpha value is -2.35. The summed E-state index contributed by atoms with van der Waals surface area (Å²) >= 11 is 0. The standard InChI is InChI=1S/C10H9N5/c11-4-8-2-1-3-10(15-8)13-6-9-5-12-7-14-9/h1-3,5,7H,6H2,(H,12,14)(H,13,15). The van der Waals surface area contributed by atoms with Crippen LogP contribution in [-0.2, 0) is 6.54 Å². The smallest absolute Gasteiger partial charge is 0.142 e. The highest BCUT2D eigenvalue weighted by atomic mass is 15.0. The summed E-state index contributed by atoms with van der Waals surface area (Å²) in [6, 6.07) is 7.27. The highest BCUT2D eigenvalue weighted by molar-refractivity contribution is 5.38. The normalized spacial score (nSPS) is 9.53. The number of pyridine rings is 1. The highest BCUT2D eigenvalue weighted by Gasteiger charge is 1.97. The second kappa shape index (κ2) is 4.24. The summed E-state index contributed by atoms with van der Waals surface area (Å²) in [4.78, 5) is 11.0. The van der Waals surface area contributed by atoms with Gasteiger partial charge in [-0.3, -0.25) is 0 Å². The van der Waals surface area contributed by atoms with E-state index in [4.69, 9.17) is 5.26 Å². The van der Waals surface area contributed by atoms with Crippen molar-refractivity contribution in [3.8, 4) is 6.07 Å². The van der Waals surface area contributed by atoms with Crippen molar-refractivity contribution >= 4 is 5.82 Å². The molecule has 2 aromatic heterocycles. The Balaban J connectivity index is 2.02. The average Bonchev–Trinajstić information content (AvgIpc) is 2.79. The van der Waals surface area contributed by atoms with Gasteiger partial charge < -0.3 is 10.3 Å². The monoisotopic (exact) mass is 199 g/mol. The number of imidazole rings is 1. The van der Waals surface area contributed by atoms with E-state index < -0.39 is 0 Å². The molecule has 0 atom stereocenters. The Bertz CT molecular complexity index is 469. The third-order valence-corrected chi connectivity index (χ3v) is 1.88. The van der Waals surface area contributed by atoms with E-state index in [0.717, 1.165) is 5.69 Å². The summed E-state index contributed by atoms with van der Waals surface area (Å²) in [7, 11) is 0. The molecule has 0 fully saturated rings. The summed E-state index contributed by atoms with van der Waals surface area (Å²) in [5, 5.41) is 11.7. The van der Waals surface area contributed by atoms with Crippen LogP contribution in [0.5, 0.6) is 0 Å². The van der Waals surface area contributed by atoms with Crippen LogP contribution in [0, 0.1) is 11.3 Å². The molecule has 0 bridgehead atoms. The first-order chi connectivity index (χ1) is 7.38. The predicted octanol–water partition coefficient (Wildman–Crippen LogP) is 1.29. The van der Waals surface area contributed by atoms with Crippen molar-refractivity contribution in [2.45, 2.75) is 6.54 Å². The Labute approximate surface area is 86.8 Å². The van der Waals surface area contributed by atoms with Gasteiger partial charge in [0.25, 0.3) is 0 Å². The fourth-order valence-corrected chi connectivity index (χ4v) is 1.16. The number of nitrogens with one attached hydrogen (secondary N) is 2. The molecule has 0 saturated carbocycles. The van der Waals surface area contributed by atoms with Crippen molar-refractivity contribution in [3.63, 3.8) is 0 Å². The Morgan fingerprint density at radius 3 is 3.13 bits per heavy atom. The van der Waals surface area contributed by atoms with Crippen LogP contribution in [0.4, 0.5) is 5.82 Å². The van der Waals surface area contributed by atoms with Crippen LogP contribution in [0.3, 0.4) is 0 Å². The van der Waals surface area contributed by atoms with Gasteiger partial charge in [0.1, 0.15) is 17.6 Å². The van der Waals surface area contributed by atoms with E-state index in [2.05, 4.69) is 20.3 Å². The fourth-order valence-electron chi connectivity index (χ4n) is 1.16. The summed E-state index contributed by atoms with van der Waals surface area (Å²) in [5.41, 5.74) is 1.38. The van der Waals surface area contributed by atoms with Gasteiger partial charge in [-0.15, -0.1) is 0 Å². The fraction of sp³-hybridized carbons (Fsp3) is 0.100. The minimum Gasteiger partial charge on any atom is -0.364 e. The number of hydrogen-bond acceptors (Lipinski definition) is 4. The molecule has 0 radical (unpaired) electrons. The van der Waals surface area contributed by atoms with E-state index in [9.17, 15) is 0 Å². The molecule has 74 valence electrons. The Morgan fingerprint density at radius 1 is 1.47 bits per heavy atom. The molecule has 2 aromatic rings. The van der Waals surface area contributed by atoms with Crippen molar-refractivity contribution in [3.05, 3.63) is 42.1 Å². The summed E-state index contributed by atoms with van der Waals surface area (Å²) in [6.07, 6.45) is 3.36. The van der Waals surface area contributed by atoms with E-state index in [0.29, 0.717) is 18.1 Å². The summed E-state index contributed by atoms with van der Waals surface area (Å²) in [5.74, 6) is 0.684. The number of aromatic amines is 1. The van der Waals surface area contributed by atoms with Crippen LogP contribution in [0.25, 0.3) is 0 Å². The molecule has 0 unspecified atom stereocenters. The van der Waals surface area contributed by atoms with Gasteiger partial charge in [-0.1, -0.05) is 6.07 Å². The molecule has 0 aromatic carbocycles. The van der Waals surface area contributed by atoms with E-state index in [1.165, 1.54) is 0 Å². The molecule has 2 heterocycles. The first kappa shape index (κ1) is 9.21. The van der Waals surface area contributed by atoms with Crippen molar-refractivity contribution in [1.82, 2.24) is 15.0 Å². The van der Waals surface area contributed by atoms with Crippen molar-refractivity contribution in [2.24, 2.45) is 0 Å². The zero-order valence-electron chi connectivity index (χ0n) is 7.94. The molecule has 5 nitrogen and oxygen atoms in total. The number of H-pyrrole nitrogens is 1. The SMILES string of the molecule is N#Cc1cccc(NCc2cnc[nH]2)n1. The van der Waals surface area contributed by atoms with Gasteiger partial charge in [-0.25, -0.2) is 9.97 Å². The zero-order valence-corrected chi connectivity index (χ0v) is 7.94. The second-order valence-corrected chi connectivity index (χ2v) is 2.95. The third-order valence-electron chi connectivity index (χ3n) is 1.88. The van der Waals surface area contributed by atoms with Gasteiger partial charge in [0.2, 0.25) is 0 Å². The molecule has 0 spiro atoms. The molecule has 15 heavy (non-hydrogen) atoms. The largest absolute Gasteiger partial charge is 0.364 e. The lowest BCUT2D eigenvalue weighted by molar-refractivity contribution is 1.05. The molecule has 0 aliphatic rings. The van der Waals surface area contributed by atoms with Gasteiger partial charge in [-0.05, 0) is 12.1 Å². The van der Waals surface area contributed by atoms with Crippen molar-refractivity contribution < 1.29 is 0 Å². The van der Waals surface area contributed by atoms with Crippen LogP contribution >= 0.6 is 0 Å². The molecule has 5 heteroatoms. The molecule has 0 aliphatic heterocycles. The Morgan fingerprint density at radius 2 is 2.40 bits per heavy atom. The van der Waals surface area contributed by atoms with Crippen molar-refractivity contribution in [1.29, 1.82) is 5.26 Å². The molecule has 0 aliphatic carbocycles. The number of aromatic nitrogens is 3. The maximum Gasteiger partial charge on any atom is 0.142 e. The zero-order chi connectivity index (χ0) is 10.5. The molecule has 2 N–H and O–H groups in total. The van der Waals surface area contributed by atoms with Crippen LogP contribution in [0.2, 0.25) is 0 Å². The highest BCUT2D eigenvalue weighted by Crippen LogP contribution is 2.05. The van der Waals surface area contributed by atoms with Gasteiger partial charge in [0, 0.05) is 6.20 Å². The van der Waals surface area contributed by atoms with Gasteiger partial charge >= 0.3 is 0 Å². The van der Waals surface area contributed by atoms with E-state index in [1.807, 2.05) is 12.1 Å². The minimum absolute atomic E-state index is 0.407. The summed E-state index contributed by atoms with van der Waals surface area (Å²) < 4.78 is 0. The second-order valence-electron chi connectivity index (χ2n) is 2.95. The van der Waals surface area contributed by atoms with E-state index >= 15 is 0 Å². The Kier molecular flexibility index (Phi) is 2.61. The van der Waals surface area contributed by atoms with Crippen LogP contribution in [0.1, 0.15) is 11.4 Å². The molecule has 2 rings (SSSR count). The molecular formula is C10H9N5. The van der Waals surface area contributed by atoms with E-state index in [-0.39, 0.29) is 0 Å². The van der Waals surface area contributed by atoms with Crippen LogP contribution < -0.4 is 5.32 Å². The van der Waals surface area contributed by atoms with Crippen LogP contribution in [0.15, 0.2) is 30.7 Å². The number of nitriles is 1. The van der Waals surface area contributed by atoms with E-state index in [1.54, 1.807) is 24.7 Å². The molecule has 0 saturated heterocycles. The van der Waals surface area contributed by atoms with Gasteiger partial charge in [-0.2, -0.15) is 5.26 Å². The summed E-state index contributed by atoms with van der Waals surface area (Å²) in [6.45, 7) is 0.613. The molecular weight excluding hydrogens is 190 g/mol. The lowest BCUT2D eigenvalue weighted by Gasteiger charge is -2.02. The number of hydrogen-bond donors (Lipinski definition) is 2. The maximum absolute atomic E-state index is 8.66. The lowest BCUT2D eigenvalue weighted by Crippen LogP contribution is -2.01. The lowest BCUT2D eigenvalue weighted by atomic mass is 10.3. The predicted molar refractivity (Wildman–Crippen MR) is 54.9 cm³/mol. The topological polar surface area (TPSA) is 77.4 Å². The number of nitrogens with zero attached hydrogens (tertiary/aromatic N) is 3. The molecule has 0 amide bonds. The third kappa shape index (κ3) is 2.31. The number of anilines is 1. The van der Waals surface area contributed by atoms with Crippen molar-refractivity contribution in [2.75, 3.05) is 5.32 Å². The first-order valence-corrected chi connectivity index (χ1v) is 4.47. The number of rotatable bonds is 3. The average molecular weight is 199 g/mol. The van der Waals surface area contributed by atoms with Gasteiger partial charge in [0.15, 0.2) is 0 Å². The van der Waals surface area contributed by atoms with Gasteiger partial charge in [0.05, 0.1) is 18.6 Å².